The van der Waals surface area contributed by atoms with Crippen LogP contribution in [0, 0.1) is 0 Å². The first-order valence-electron chi connectivity index (χ1n) is 8.72. The Bertz CT molecular complexity index is 887. The lowest BCUT2D eigenvalue weighted by Gasteiger charge is -2.23. The number of para-hydroxylation sites is 1. The van der Waals surface area contributed by atoms with Crippen LogP contribution in [0.5, 0.6) is 0 Å². The SMILES string of the molecule is CN(c1ccccc1)S(=O)(=O)c1cccc(NC(=O)CC2COCCN2)c1.Cl. The van der Waals surface area contributed by atoms with E-state index in [0.29, 0.717) is 24.6 Å². The normalized spacial score (nSPS) is 16.7. The van der Waals surface area contributed by atoms with Crippen LogP contribution in [0.3, 0.4) is 0 Å². The fourth-order valence-corrected chi connectivity index (χ4v) is 4.10. The van der Waals surface area contributed by atoms with Crippen LogP contribution in [-0.4, -0.2) is 47.2 Å². The van der Waals surface area contributed by atoms with Gasteiger partial charge in [0, 0.05) is 31.7 Å². The van der Waals surface area contributed by atoms with Gasteiger partial charge in [-0.3, -0.25) is 9.10 Å². The molecular weight excluding hydrogens is 402 g/mol. The number of morpholine rings is 1. The van der Waals surface area contributed by atoms with Gasteiger partial charge in [-0.25, -0.2) is 8.42 Å². The minimum absolute atomic E-state index is 0. The summed E-state index contributed by atoms with van der Waals surface area (Å²) in [7, 11) is -2.22. The molecule has 152 valence electrons. The van der Waals surface area contributed by atoms with Crippen LogP contribution in [0.25, 0.3) is 0 Å². The second-order valence-corrected chi connectivity index (χ2v) is 8.28. The molecule has 1 aliphatic rings. The molecular formula is C19H24ClN3O4S. The maximum Gasteiger partial charge on any atom is 0.264 e. The average Bonchev–Trinajstić information content (AvgIpc) is 2.69. The Morgan fingerprint density at radius 1 is 1.21 bits per heavy atom. The van der Waals surface area contributed by atoms with E-state index in [1.165, 1.54) is 23.5 Å². The van der Waals surface area contributed by atoms with Crippen LogP contribution in [-0.2, 0) is 19.6 Å². The Morgan fingerprint density at radius 3 is 2.64 bits per heavy atom. The Kier molecular flexibility index (Phi) is 7.82. The van der Waals surface area contributed by atoms with Crippen molar-refractivity contribution in [3.8, 4) is 0 Å². The van der Waals surface area contributed by atoms with Crippen molar-refractivity contribution in [3.63, 3.8) is 0 Å². The molecule has 0 aliphatic carbocycles. The second kappa shape index (κ2) is 9.88. The van der Waals surface area contributed by atoms with Crippen molar-refractivity contribution in [2.45, 2.75) is 17.4 Å². The number of sulfonamides is 1. The summed E-state index contributed by atoms with van der Waals surface area (Å²) in [6, 6.07) is 15.1. The fourth-order valence-electron chi connectivity index (χ4n) is 2.86. The van der Waals surface area contributed by atoms with Crippen LogP contribution in [0.1, 0.15) is 6.42 Å². The van der Waals surface area contributed by atoms with Gasteiger partial charge in [-0.1, -0.05) is 24.3 Å². The van der Waals surface area contributed by atoms with Crippen molar-refractivity contribution in [2.75, 3.05) is 36.4 Å². The first-order valence-corrected chi connectivity index (χ1v) is 10.2. The highest BCUT2D eigenvalue weighted by molar-refractivity contribution is 7.92. The number of carbonyl (C=O) groups excluding carboxylic acids is 1. The molecule has 2 N–H and O–H groups in total. The zero-order chi connectivity index (χ0) is 19.3. The number of hydrogen-bond acceptors (Lipinski definition) is 5. The van der Waals surface area contributed by atoms with Crippen LogP contribution in [0.4, 0.5) is 11.4 Å². The third-order valence-corrected chi connectivity index (χ3v) is 6.11. The predicted octanol–water partition coefficient (Wildman–Crippen LogP) is 2.25. The van der Waals surface area contributed by atoms with Gasteiger partial charge in [0.25, 0.3) is 10.0 Å². The van der Waals surface area contributed by atoms with Gasteiger partial charge in [0.2, 0.25) is 5.91 Å². The maximum atomic E-state index is 12.9. The molecule has 1 fully saturated rings. The molecule has 0 spiro atoms. The fraction of sp³-hybridized carbons (Fsp3) is 0.316. The van der Waals surface area contributed by atoms with Gasteiger partial charge >= 0.3 is 0 Å². The van der Waals surface area contributed by atoms with Gasteiger partial charge in [0.1, 0.15) is 0 Å². The molecule has 28 heavy (non-hydrogen) atoms. The van der Waals surface area contributed by atoms with Gasteiger partial charge in [-0.15, -0.1) is 12.4 Å². The minimum Gasteiger partial charge on any atom is -0.378 e. The second-order valence-electron chi connectivity index (χ2n) is 6.31. The van der Waals surface area contributed by atoms with Gasteiger partial charge in [-0.2, -0.15) is 0 Å². The number of hydrogen-bond donors (Lipinski definition) is 2. The van der Waals surface area contributed by atoms with Crippen LogP contribution < -0.4 is 14.9 Å². The highest BCUT2D eigenvalue weighted by Gasteiger charge is 2.22. The molecule has 0 aromatic heterocycles. The Morgan fingerprint density at radius 2 is 1.96 bits per heavy atom. The van der Waals surface area contributed by atoms with E-state index in [0.717, 1.165) is 6.54 Å². The predicted molar refractivity (Wildman–Crippen MR) is 112 cm³/mol. The third kappa shape index (κ3) is 5.45. The summed E-state index contributed by atoms with van der Waals surface area (Å²) in [5.74, 6) is -0.191. The number of amides is 1. The molecule has 9 heteroatoms. The smallest absolute Gasteiger partial charge is 0.264 e. The van der Waals surface area contributed by atoms with Crippen molar-refractivity contribution in [1.82, 2.24) is 5.32 Å². The number of carbonyl (C=O) groups is 1. The lowest BCUT2D eigenvalue weighted by Crippen LogP contribution is -2.43. The summed E-state index contributed by atoms with van der Waals surface area (Å²) in [5, 5.41) is 5.98. The zero-order valence-corrected chi connectivity index (χ0v) is 17.1. The number of benzene rings is 2. The lowest BCUT2D eigenvalue weighted by atomic mass is 10.2. The Labute approximate surface area is 171 Å². The molecule has 7 nitrogen and oxygen atoms in total. The standard InChI is InChI=1S/C19H23N3O4S.ClH/c1-22(17-7-3-2-4-8-17)27(24,25)18-9-5-6-15(12-18)21-19(23)13-16-14-26-11-10-20-16;/h2-9,12,16,20H,10-11,13-14H2,1H3,(H,21,23);1H. The van der Waals surface area contributed by atoms with Crippen molar-refractivity contribution in [2.24, 2.45) is 0 Å². The monoisotopic (exact) mass is 425 g/mol. The van der Waals surface area contributed by atoms with Crippen molar-refractivity contribution in [3.05, 3.63) is 54.6 Å². The van der Waals surface area contributed by atoms with Crippen LogP contribution in [0.15, 0.2) is 59.5 Å². The number of ether oxygens (including phenoxy) is 1. The molecule has 1 saturated heterocycles. The van der Waals surface area contributed by atoms with E-state index in [2.05, 4.69) is 10.6 Å². The Balaban J connectivity index is 0.00000280. The molecule has 3 rings (SSSR count). The third-order valence-electron chi connectivity index (χ3n) is 4.33. The molecule has 1 unspecified atom stereocenters. The molecule has 0 bridgehead atoms. The topological polar surface area (TPSA) is 87.7 Å². The molecule has 2 aromatic carbocycles. The molecule has 2 aromatic rings. The number of rotatable bonds is 6. The first-order chi connectivity index (χ1) is 13.0. The van der Waals surface area contributed by atoms with E-state index >= 15 is 0 Å². The molecule has 0 saturated carbocycles. The summed E-state index contributed by atoms with van der Waals surface area (Å²) in [4.78, 5) is 12.3. The minimum atomic E-state index is -3.73. The first kappa shape index (κ1) is 22.2. The van der Waals surface area contributed by atoms with E-state index in [1.807, 2.05) is 6.07 Å². The van der Waals surface area contributed by atoms with Gasteiger partial charge in [-0.05, 0) is 30.3 Å². The summed E-state index contributed by atoms with van der Waals surface area (Å²) in [6.07, 6.45) is 0.265. The van der Waals surface area contributed by atoms with Crippen molar-refractivity contribution < 1.29 is 17.9 Å². The van der Waals surface area contributed by atoms with E-state index < -0.39 is 10.0 Å². The molecule has 1 amide bonds. The Hall–Kier alpha value is -2.13. The number of nitrogens with zero attached hydrogens (tertiary/aromatic N) is 1. The van der Waals surface area contributed by atoms with Gasteiger partial charge < -0.3 is 15.4 Å². The summed E-state index contributed by atoms with van der Waals surface area (Å²) < 4.78 is 32.3. The summed E-state index contributed by atoms with van der Waals surface area (Å²) >= 11 is 0. The average molecular weight is 426 g/mol. The molecule has 1 atom stereocenters. The number of halogens is 1. The largest absolute Gasteiger partial charge is 0.378 e. The van der Waals surface area contributed by atoms with Crippen LogP contribution in [0.2, 0.25) is 0 Å². The van der Waals surface area contributed by atoms with E-state index in [-0.39, 0.29) is 35.7 Å². The maximum absolute atomic E-state index is 12.9. The summed E-state index contributed by atoms with van der Waals surface area (Å²) in [5.41, 5.74) is 1.01. The highest BCUT2D eigenvalue weighted by atomic mass is 35.5. The number of anilines is 2. The quantitative estimate of drug-likeness (QED) is 0.741. The molecule has 1 aliphatic heterocycles. The van der Waals surface area contributed by atoms with Crippen LogP contribution >= 0.6 is 12.4 Å². The zero-order valence-electron chi connectivity index (χ0n) is 15.5. The van der Waals surface area contributed by atoms with Crippen molar-refractivity contribution >= 4 is 39.7 Å². The van der Waals surface area contributed by atoms with Gasteiger partial charge in [0.05, 0.1) is 23.8 Å². The number of nitrogens with one attached hydrogen (secondary N) is 2. The van der Waals surface area contributed by atoms with Gasteiger partial charge in [0.15, 0.2) is 0 Å². The summed E-state index contributed by atoms with van der Waals surface area (Å²) in [6.45, 7) is 1.86. The molecule has 0 radical (unpaired) electrons. The van der Waals surface area contributed by atoms with Crippen molar-refractivity contribution in [1.29, 1.82) is 0 Å². The highest BCUT2D eigenvalue weighted by Crippen LogP contribution is 2.23. The van der Waals surface area contributed by atoms with E-state index in [4.69, 9.17) is 4.74 Å². The lowest BCUT2D eigenvalue weighted by molar-refractivity contribution is -0.117. The van der Waals surface area contributed by atoms with E-state index in [1.54, 1.807) is 36.4 Å². The van der Waals surface area contributed by atoms with E-state index in [9.17, 15) is 13.2 Å². The molecule has 1 heterocycles.